The Morgan fingerprint density at radius 2 is 1.95 bits per heavy atom. The molecule has 0 amide bonds. The van der Waals surface area contributed by atoms with E-state index in [0.29, 0.717) is 4.47 Å². The number of hydrogen-bond acceptors (Lipinski definition) is 4. The summed E-state index contributed by atoms with van der Waals surface area (Å²) in [6.07, 6.45) is 2.53. The van der Waals surface area contributed by atoms with E-state index in [1.807, 2.05) is 6.92 Å². The molecule has 5 heteroatoms. The summed E-state index contributed by atoms with van der Waals surface area (Å²) in [5.74, 6) is -0.780. The standard InChI is InChI=1S/C15H19BrO4/c1-3-20-15(19)14(18)11-8(2)9-6-4-5-7-10(9)12(16)13(11)17/h14,17-18H,3-7H2,1-2H3. The lowest BCUT2D eigenvalue weighted by molar-refractivity contribution is -0.153. The summed E-state index contributed by atoms with van der Waals surface area (Å²) >= 11 is 3.39. The molecule has 0 radical (unpaired) electrons. The van der Waals surface area contributed by atoms with Gasteiger partial charge in [-0.3, -0.25) is 0 Å². The van der Waals surface area contributed by atoms with Gasteiger partial charge in [0.25, 0.3) is 0 Å². The number of fused-ring (bicyclic) bond motifs is 1. The van der Waals surface area contributed by atoms with Crippen molar-refractivity contribution in [2.45, 2.75) is 45.6 Å². The second kappa shape index (κ2) is 6.14. The van der Waals surface area contributed by atoms with Gasteiger partial charge in [0.2, 0.25) is 0 Å². The monoisotopic (exact) mass is 342 g/mol. The van der Waals surface area contributed by atoms with Gasteiger partial charge in [-0.05, 0) is 72.2 Å². The van der Waals surface area contributed by atoms with Crippen LogP contribution in [0.2, 0.25) is 0 Å². The molecule has 1 aliphatic carbocycles. The molecular formula is C15H19BrO4. The maximum atomic E-state index is 11.7. The van der Waals surface area contributed by atoms with Gasteiger partial charge in [-0.2, -0.15) is 0 Å². The van der Waals surface area contributed by atoms with Crippen LogP contribution >= 0.6 is 15.9 Å². The van der Waals surface area contributed by atoms with E-state index in [-0.39, 0.29) is 17.9 Å². The summed E-state index contributed by atoms with van der Waals surface area (Å²) in [5.41, 5.74) is 3.27. The van der Waals surface area contributed by atoms with Crippen LogP contribution in [0.4, 0.5) is 0 Å². The first-order valence-electron chi connectivity index (χ1n) is 6.86. The number of rotatable bonds is 3. The van der Waals surface area contributed by atoms with Gasteiger partial charge in [-0.1, -0.05) is 0 Å². The van der Waals surface area contributed by atoms with Crippen molar-refractivity contribution in [2.24, 2.45) is 0 Å². The lowest BCUT2D eigenvalue weighted by Crippen LogP contribution is -2.19. The van der Waals surface area contributed by atoms with Crippen LogP contribution in [0.25, 0.3) is 0 Å². The fourth-order valence-electron chi connectivity index (χ4n) is 2.84. The Balaban J connectivity index is 2.53. The average molecular weight is 343 g/mol. The van der Waals surface area contributed by atoms with E-state index >= 15 is 0 Å². The van der Waals surface area contributed by atoms with Gasteiger partial charge >= 0.3 is 5.97 Å². The molecule has 1 aromatic rings. The molecule has 4 nitrogen and oxygen atoms in total. The van der Waals surface area contributed by atoms with Gasteiger partial charge < -0.3 is 14.9 Å². The van der Waals surface area contributed by atoms with E-state index < -0.39 is 12.1 Å². The number of halogens is 1. The molecule has 0 spiro atoms. The number of ether oxygens (including phenoxy) is 1. The molecule has 2 rings (SSSR count). The first-order chi connectivity index (χ1) is 9.49. The second-order valence-electron chi connectivity index (χ2n) is 5.02. The molecule has 1 aromatic carbocycles. The molecule has 1 aliphatic rings. The topological polar surface area (TPSA) is 66.8 Å². The van der Waals surface area contributed by atoms with E-state index in [4.69, 9.17) is 4.74 Å². The van der Waals surface area contributed by atoms with E-state index in [0.717, 1.165) is 42.4 Å². The Hall–Kier alpha value is -1.07. The van der Waals surface area contributed by atoms with E-state index in [2.05, 4.69) is 15.9 Å². The molecule has 0 saturated heterocycles. The van der Waals surface area contributed by atoms with Gasteiger partial charge in [-0.15, -0.1) is 0 Å². The van der Waals surface area contributed by atoms with Crippen LogP contribution < -0.4 is 0 Å². The lowest BCUT2D eigenvalue weighted by atomic mass is 9.84. The van der Waals surface area contributed by atoms with Crippen LogP contribution in [0.5, 0.6) is 5.75 Å². The Morgan fingerprint density at radius 3 is 2.55 bits per heavy atom. The van der Waals surface area contributed by atoms with Crippen molar-refractivity contribution in [3.05, 3.63) is 26.7 Å². The van der Waals surface area contributed by atoms with Gasteiger partial charge in [0, 0.05) is 5.56 Å². The number of aromatic hydroxyl groups is 1. The summed E-state index contributed by atoms with van der Waals surface area (Å²) in [7, 11) is 0. The Kier molecular flexibility index (Phi) is 4.70. The van der Waals surface area contributed by atoms with Crippen LogP contribution in [0.1, 0.15) is 48.1 Å². The molecule has 2 N–H and O–H groups in total. The number of aliphatic hydroxyl groups is 1. The van der Waals surface area contributed by atoms with Crippen LogP contribution in [0.3, 0.4) is 0 Å². The summed E-state index contributed by atoms with van der Waals surface area (Å²) in [6, 6.07) is 0. The SMILES string of the molecule is CCOC(=O)C(O)c1c(C)c2c(c(Br)c1O)CCCC2. The summed E-state index contributed by atoms with van der Waals surface area (Å²) in [5, 5.41) is 20.5. The summed E-state index contributed by atoms with van der Waals surface area (Å²) in [4.78, 5) is 11.7. The molecular weight excluding hydrogens is 324 g/mol. The minimum Gasteiger partial charge on any atom is -0.506 e. The number of phenolic OH excluding ortho intramolecular Hbond substituents is 1. The highest BCUT2D eigenvalue weighted by Gasteiger charge is 2.29. The van der Waals surface area contributed by atoms with Crippen molar-refractivity contribution in [3.63, 3.8) is 0 Å². The molecule has 0 saturated carbocycles. The van der Waals surface area contributed by atoms with E-state index in [1.54, 1.807) is 6.92 Å². The third-order valence-corrected chi connectivity index (χ3v) is 4.69. The Morgan fingerprint density at radius 1 is 1.35 bits per heavy atom. The highest BCUT2D eigenvalue weighted by Crippen LogP contribution is 2.43. The van der Waals surface area contributed by atoms with Crippen LogP contribution in [-0.2, 0) is 22.4 Å². The molecule has 0 heterocycles. The number of hydrogen-bond donors (Lipinski definition) is 2. The number of phenols is 1. The van der Waals surface area contributed by atoms with Crippen LogP contribution in [0.15, 0.2) is 4.47 Å². The zero-order chi connectivity index (χ0) is 14.9. The van der Waals surface area contributed by atoms with E-state index in [1.165, 1.54) is 0 Å². The minimum atomic E-state index is -1.45. The third-order valence-electron chi connectivity index (χ3n) is 3.84. The first-order valence-corrected chi connectivity index (χ1v) is 7.65. The van der Waals surface area contributed by atoms with Gasteiger partial charge in [0.1, 0.15) is 5.75 Å². The fraction of sp³-hybridized carbons (Fsp3) is 0.533. The zero-order valence-corrected chi connectivity index (χ0v) is 13.3. The first kappa shape index (κ1) is 15.3. The molecule has 0 bridgehead atoms. The minimum absolute atomic E-state index is 0.0521. The molecule has 1 unspecified atom stereocenters. The predicted octanol–water partition coefficient (Wildman–Crippen LogP) is 2.94. The summed E-state index contributed by atoms with van der Waals surface area (Å²) < 4.78 is 5.43. The second-order valence-corrected chi connectivity index (χ2v) is 5.81. The normalized spacial score (nSPS) is 15.6. The Labute approximate surface area is 126 Å². The van der Waals surface area contributed by atoms with Crippen molar-refractivity contribution in [1.29, 1.82) is 0 Å². The highest BCUT2D eigenvalue weighted by molar-refractivity contribution is 9.10. The number of carbonyl (C=O) groups is 1. The van der Waals surface area contributed by atoms with Crippen molar-refractivity contribution < 1.29 is 19.7 Å². The quantitative estimate of drug-likeness (QED) is 0.828. The number of carbonyl (C=O) groups excluding carboxylic acids is 1. The van der Waals surface area contributed by atoms with Crippen molar-refractivity contribution in [3.8, 4) is 5.75 Å². The molecule has 110 valence electrons. The molecule has 0 fully saturated rings. The maximum Gasteiger partial charge on any atom is 0.339 e. The number of benzene rings is 1. The lowest BCUT2D eigenvalue weighted by Gasteiger charge is -2.25. The molecule has 0 aromatic heterocycles. The van der Waals surface area contributed by atoms with Crippen molar-refractivity contribution in [1.82, 2.24) is 0 Å². The molecule has 20 heavy (non-hydrogen) atoms. The maximum absolute atomic E-state index is 11.7. The number of aliphatic hydroxyl groups excluding tert-OH is 1. The molecule has 1 atom stereocenters. The largest absolute Gasteiger partial charge is 0.506 e. The highest BCUT2D eigenvalue weighted by atomic mass is 79.9. The third kappa shape index (κ3) is 2.56. The average Bonchev–Trinajstić information content (AvgIpc) is 2.45. The number of esters is 1. The smallest absolute Gasteiger partial charge is 0.339 e. The Bertz CT molecular complexity index is 539. The van der Waals surface area contributed by atoms with Crippen LogP contribution in [-0.4, -0.2) is 22.8 Å². The van der Waals surface area contributed by atoms with Crippen molar-refractivity contribution >= 4 is 21.9 Å². The van der Waals surface area contributed by atoms with Gasteiger partial charge in [-0.25, -0.2) is 4.79 Å². The van der Waals surface area contributed by atoms with Crippen molar-refractivity contribution in [2.75, 3.05) is 6.61 Å². The summed E-state index contributed by atoms with van der Waals surface area (Å²) in [6.45, 7) is 3.72. The van der Waals surface area contributed by atoms with Gasteiger partial charge in [0.15, 0.2) is 6.10 Å². The van der Waals surface area contributed by atoms with E-state index in [9.17, 15) is 15.0 Å². The predicted molar refractivity (Wildman–Crippen MR) is 78.8 cm³/mol. The van der Waals surface area contributed by atoms with Gasteiger partial charge in [0.05, 0.1) is 11.1 Å². The fourth-order valence-corrected chi connectivity index (χ4v) is 3.49. The molecule has 0 aliphatic heterocycles. The van der Waals surface area contributed by atoms with Crippen LogP contribution in [0, 0.1) is 6.92 Å². The zero-order valence-electron chi connectivity index (χ0n) is 11.7.